The van der Waals surface area contributed by atoms with Crippen LogP contribution in [0.3, 0.4) is 0 Å². The van der Waals surface area contributed by atoms with Gasteiger partial charge in [0.1, 0.15) is 0 Å². The standard InChI is InChI=1S/C19H28FNO/c1-17-8-5-13(22)11-12(17)3-4-14-15(17)6-9-18(2)16(14)7-10-19(18,20)21/h3,5,8,13-16,22H,4,6-7,9-11,21H2,1-2H3/t13?,14-,15-,16+,17+,18+,19?/m1/s1. The number of fused-ring (bicyclic) bond motifs is 5. The van der Waals surface area contributed by atoms with Crippen molar-refractivity contribution in [2.75, 3.05) is 0 Å². The zero-order chi connectivity index (χ0) is 15.8. The number of rotatable bonds is 0. The van der Waals surface area contributed by atoms with Gasteiger partial charge in [-0.15, -0.1) is 0 Å². The Bertz CT molecular complexity index is 554. The van der Waals surface area contributed by atoms with E-state index in [1.165, 1.54) is 5.57 Å². The Morgan fingerprint density at radius 2 is 1.95 bits per heavy atom. The Kier molecular flexibility index (Phi) is 3.01. The van der Waals surface area contributed by atoms with E-state index in [2.05, 4.69) is 26.0 Å². The lowest BCUT2D eigenvalue weighted by molar-refractivity contribution is -0.0732. The largest absolute Gasteiger partial charge is 0.389 e. The number of hydrogen-bond donors (Lipinski definition) is 2. The Labute approximate surface area is 132 Å². The van der Waals surface area contributed by atoms with Gasteiger partial charge in [0.05, 0.1) is 6.10 Å². The highest BCUT2D eigenvalue weighted by Gasteiger charge is 2.63. The van der Waals surface area contributed by atoms with Crippen molar-refractivity contribution in [1.82, 2.24) is 0 Å². The first-order valence-electron chi connectivity index (χ1n) is 8.83. The smallest absolute Gasteiger partial charge is 0.164 e. The summed E-state index contributed by atoms with van der Waals surface area (Å²) in [5.41, 5.74) is 7.14. The third-order valence-corrected chi connectivity index (χ3v) is 7.79. The van der Waals surface area contributed by atoms with Gasteiger partial charge in [-0.2, -0.15) is 0 Å². The van der Waals surface area contributed by atoms with Crippen LogP contribution >= 0.6 is 0 Å². The van der Waals surface area contributed by atoms with Gasteiger partial charge in [0.25, 0.3) is 0 Å². The van der Waals surface area contributed by atoms with Crippen molar-refractivity contribution < 1.29 is 9.50 Å². The fourth-order valence-corrected chi connectivity index (χ4v) is 6.26. The van der Waals surface area contributed by atoms with Crippen LogP contribution in [-0.2, 0) is 0 Å². The molecule has 3 N–H and O–H groups in total. The molecule has 0 aromatic heterocycles. The molecule has 2 unspecified atom stereocenters. The van der Waals surface area contributed by atoms with Crippen molar-refractivity contribution in [2.45, 2.75) is 64.3 Å². The first kappa shape index (κ1) is 14.9. The molecule has 122 valence electrons. The molecule has 4 aliphatic rings. The lowest BCUT2D eigenvalue weighted by Gasteiger charge is -2.56. The summed E-state index contributed by atoms with van der Waals surface area (Å²) in [5.74, 6) is 0.0134. The van der Waals surface area contributed by atoms with E-state index in [0.717, 1.165) is 32.1 Å². The molecule has 22 heavy (non-hydrogen) atoms. The van der Waals surface area contributed by atoms with E-state index in [-0.39, 0.29) is 16.9 Å². The van der Waals surface area contributed by atoms with Gasteiger partial charge >= 0.3 is 0 Å². The Hall–Kier alpha value is -0.670. The van der Waals surface area contributed by atoms with E-state index >= 15 is 0 Å². The number of allylic oxidation sites excluding steroid dienone is 2. The fourth-order valence-electron chi connectivity index (χ4n) is 6.26. The molecule has 2 fully saturated rings. The molecule has 0 heterocycles. The molecule has 0 aliphatic heterocycles. The third-order valence-electron chi connectivity index (χ3n) is 7.79. The van der Waals surface area contributed by atoms with E-state index in [1.807, 2.05) is 6.08 Å². The van der Waals surface area contributed by atoms with Crippen molar-refractivity contribution in [2.24, 2.45) is 34.3 Å². The molecule has 0 radical (unpaired) electrons. The second-order valence-electron chi connectivity index (χ2n) is 8.61. The fraction of sp³-hybridized carbons (Fsp3) is 0.789. The van der Waals surface area contributed by atoms with E-state index in [1.54, 1.807) is 0 Å². The molecule has 0 saturated heterocycles. The summed E-state index contributed by atoms with van der Waals surface area (Å²) in [6.07, 6.45) is 11.4. The molecule has 4 rings (SSSR count). The Morgan fingerprint density at radius 3 is 2.73 bits per heavy atom. The quantitative estimate of drug-likeness (QED) is 0.529. The maximum absolute atomic E-state index is 14.9. The number of halogens is 1. The second kappa shape index (κ2) is 4.45. The van der Waals surface area contributed by atoms with Gasteiger partial charge in [0, 0.05) is 10.8 Å². The van der Waals surface area contributed by atoms with Crippen LogP contribution < -0.4 is 5.73 Å². The summed E-state index contributed by atoms with van der Waals surface area (Å²) in [6, 6.07) is 0. The molecule has 3 heteroatoms. The summed E-state index contributed by atoms with van der Waals surface area (Å²) in [4.78, 5) is 0. The number of aliphatic hydroxyl groups excluding tert-OH is 1. The predicted molar refractivity (Wildman–Crippen MR) is 85.6 cm³/mol. The van der Waals surface area contributed by atoms with E-state index in [9.17, 15) is 9.50 Å². The van der Waals surface area contributed by atoms with Gasteiger partial charge in [0.2, 0.25) is 0 Å². The second-order valence-corrected chi connectivity index (χ2v) is 8.61. The van der Waals surface area contributed by atoms with Crippen molar-refractivity contribution in [1.29, 1.82) is 0 Å². The van der Waals surface area contributed by atoms with Gasteiger partial charge in [-0.3, -0.25) is 5.73 Å². The summed E-state index contributed by atoms with van der Waals surface area (Å²) < 4.78 is 14.9. The Morgan fingerprint density at radius 1 is 1.23 bits per heavy atom. The van der Waals surface area contributed by atoms with Crippen molar-refractivity contribution in [3.05, 3.63) is 23.8 Å². The summed E-state index contributed by atoms with van der Waals surface area (Å²) in [6.45, 7) is 4.41. The SMILES string of the molecule is C[C@]12C=CC(O)CC1=CC[C@@H]1[C@H]2CC[C@@]2(C)[C@H]1CCC2(N)F. The average Bonchev–Trinajstić information content (AvgIpc) is 2.70. The number of aliphatic hydroxyl groups is 1. The van der Waals surface area contributed by atoms with Gasteiger partial charge in [-0.25, -0.2) is 4.39 Å². The Balaban J connectivity index is 1.72. The van der Waals surface area contributed by atoms with Crippen LogP contribution in [0.2, 0.25) is 0 Å². The third kappa shape index (κ3) is 1.73. The van der Waals surface area contributed by atoms with Gasteiger partial charge < -0.3 is 5.11 Å². The molecule has 2 saturated carbocycles. The molecule has 7 atom stereocenters. The van der Waals surface area contributed by atoms with Crippen LogP contribution in [0.25, 0.3) is 0 Å². The van der Waals surface area contributed by atoms with Crippen molar-refractivity contribution in [3.63, 3.8) is 0 Å². The molecule has 0 bridgehead atoms. The van der Waals surface area contributed by atoms with E-state index < -0.39 is 5.79 Å². The first-order valence-corrected chi connectivity index (χ1v) is 8.83. The van der Waals surface area contributed by atoms with Crippen molar-refractivity contribution in [3.8, 4) is 0 Å². The highest BCUT2D eigenvalue weighted by Crippen LogP contribution is 2.66. The number of nitrogens with two attached hydrogens (primary N) is 1. The normalized spacial score (nSPS) is 56.9. The van der Waals surface area contributed by atoms with Crippen LogP contribution in [0.15, 0.2) is 23.8 Å². The van der Waals surface area contributed by atoms with Crippen LogP contribution in [0.1, 0.15) is 52.4 Å². The molecule has 0 spiro atoms. The lowest BCUT2D eigenvalue weighted by atomic mass is 9.49. The molecule has 2 nitrogen and oxygen atoms in total. The minimum Gasteiger partial charge on any atom is -0.389 e. The van der Waals surface area contributed by atoms with Crippen LogP contribution in [0.4, 0.5) is 4.39 Å². The highest BCUT2D eigenvalue weighted by atomic mass is 19.1. The van der Waals surface area contributed by atoms with E-state index in [4.69, 9.17) is 5.73 Å². The predicted octanol–water partition coefficient (Wildman–Crippen LogP) is 3.71. The lowest BCUT2D eigenvalue weighted by Crippen LogP contribution is -2.55. The average molecular weight is 305 g/mol. The van der Waals surface area contributed by atoms with E-state index in [0.29, 0.717) is 24.2 Å². The highest BCUT2D eigenvalue weighted by molar-refractivity contribution is 5.33. The first-order chi connectivity index (χ1) is 10.3. The molecular weight excluding hydrogens is 277 g/mol. The van der Waals surface area contributed by atoms with Crippen LogP contribution in [0.5, 0.6) is 0 Å². The maximum Gasteiger partial charge on any atom is 0.164 e. The van der Waals surface area contributed by atoms with Crippen LogP contribution in [0, 0.1) is 28.6 Å². The number of alkyl halides is 1. The van der Waals surface area contributed by atoms with Crippen LogP contribution in [-0.4, -0.2) is 17.0 Å². The topological polar surface area (TPSA) is 46.2 Å². The summed E-state index contributed by atoms with van der Waals surface area (Å²) in [7, 11) is 0. The van der Waals surface area contributed by atoms with Gasteiger partial charge in [-0.05, 0) is 56.3 Å². The minimum atomic E-state index is -1.49. The summed E-state index contributed by atoms with van der Waals surface area (Å²) in [5, 5.41) is 9.92. The molecule has 0 aromatic rings. The molecule has 4 aliphatic carbocycles. The monoisotopic (exact) mass is 305 g/mol. The molecular formula is C19H28FNO. The van der Waals surface area contributed by atoms with Gasteiger partial charge in [0.15, 0.2) is 5.79 Å². The molecule has 0 amide bonds. The summed E-state index contributed by atoms with van der Waals surface area (Å²) >= 11 is 0. The number of hydrogen-bond acceptors (Lipinski definition) is 2. The molecule has 0 aromatic carbocycles. The zero-order valence-electron chi connectivity index (χ0n) is 13.7. The van der Waals surface area contributed by atoms with Crippen molar-refractivity contribution >= 4 is 0 Å². The maximum atomic E-state index is 14.9. The minimum absolute atomic E-state index is 0.0552. The van der Waals surface area contributed by atoms with Gasteiger partial charge in [-0.1, -0.05) is 37.6 Å². The zero-order valence-corrected chi connectivity index (χ0v) is 13.7.